The molecule has 1 amide bonds. The highest BCUT2D eigenvalue weighted by molar-refractivity contribution is 9.10. The highest BCUT2D eigenvalue weighted by Gasteiger charge is 2.47. The Balaban J connectivity index is 1.50. The third-order valence-electron chi connectivity index (χ3n) is 4.51. The fraction of sp³-hybridized carbons (Fsp3) is 0.278. The normalized spacial score (nSPS) is 17.9. The average Bonchev–Trinajstić information content (AvgIpc) is 3.41. The summed E-state index contributed by atoms with van der Waals surface area (Å²) >= 11 is 3.35. The SMILES string of the molecule is O=C(NCCN1c2ccccc2N(C2CC2)S1(=O)=O)c1ccccc1Br. The summed E-state index contributed by atoms with van der Waals surface area (Å²) in [5, 5.41) is 2.80. The first-order valence-corrected chi connectivity index (χ1v) is 10.6. The largest absolute Gasteiger partial charge is 0.350 e. The number of hydrogen-bond donors (Lipinski definition) is 1. The van der Waals surface area contributed by atoms with Crippen LogP contribution in [0.2, 0.25) is 0 Å². The maximum Gasteiger partial charge on any atom is 0.326 e. The van der Waals surface area contributed by atoms with Gasteiger partial charge in [-0.3, -0.25) is 4.79 Å². The number of amides is 1. The standard InChI is InChI=1S/C18H18BrN3O3S/c19-15-6-2-1-5-14(15)18(23)20-11-12-21-16-7-3-4-8-17(16)22(13-9-10-13)26(21,24)25/h1-8,13H,9-12H2,(H,20,23). The third-order valence-corrected chi connectivity index (χ3v) is 7.13. The molecule has 2 aromatic carbocycles. The van der Waals surface area contributed by atoms with Crippen molar-refractivity contribution in [1.82, 2.24) is 5.32 Å². The summed E-state index contributed by atoms with van der Waals surface area (Å²) in [6.45, 7) is 0.422. The minimum absolute atomic E-state index is 0.0565. The fourth-order valence-electron chi connectivity index (χ4n) is 3.16. The zero-order chi connectivity index (χ0) is 18.3. The Morgan fingerprint density at radius 3 is 2.42 bits per heavy atom. The predicted octanol–water partition coefficient (Wildman–Crippen LogP) is 2.91. The highest BCUT2D eigenvalue weighted by Crippen LogP contribution is 2.46. The van der Waals surface area contributed by atoms with Crippen molar-refractivity contribution >= 4 is 43.4 Å². The van der Waals surface area contributed by atoms with Crippen LogP contribution in [-0.4, -0.2) is 33.5 Å². The molecular weight excluding hydrogens is 418 g/mol. The van der Waals surface area contributed by atoms with E-state index in [9.17, 15) is 13.2 Å². The summed E-state index contributed by atoms with van der Waals surface area (Å²) in [6.07, 6.45) is 1.78. The Morgan fingerprint density at radius 2 is 1.73 bits per heavy atom. The molecule has 1 fully saturated rings. The van der Waals surface area contributed by atoms with Crippen molar-refractivity contribution in [2.75, 3.05) is 21.7 Å². The van der Waals surface area contributed by atoms with Gasteiger partial charge in [-0.25, -0.2) is 8.61 Å². The van der Waals surface area contributed by atoms with E-state index in [0.717, 1.165) is 18.5 Å². The first kappa shape index (κ1) is 17.4. The molecule has 6 nitrogen and oxygen atoms in total. The number of halogens is 1. The number of rotatable bonds is 5. The molecule has 0 aromatic heterocycles. The first-order valence-electron chi connectivity index (χ1n) is 8.44. The number of fused-ring (bicyclic) bond motifs is 1. The van der Waals surface area contributed by atoms with Gasteiger partial charge in [-0.05, 0) is 53.0 Å². The second-order valence-corrected chi connectivity index (χ2v) is 8.92. The molecule has 0 radical (unpaired) electrons. The molecule has 0 saturated heterocycles. The Bertz CT molecular complexity index is 960. The lowest BCUT2D eigenvalue weighted by Crippen LogP contribution is -2.42. The Morgan fingerprint density at radius 1 is 1.08 bits per heavy atom. The predicted molar refractivity (Wildman–Crippen MR) is 105 cm³/mol. The number of para-hydroxylation sites is 2. The summed E-state index contributed by atoms with van der Waals surface area (Å²) in [5.41, 5.74) is 1.93. The minimum Gasteiger partial charge on any atom is -0.350 e. The van der Waals surface area contributed by atoms with Crippen LogP contribution in [0.3, 0.4) is 0 Å². The zero-order valence-corrected chi connectivity index (χ0v) is 16.3. The summed E-state index contributed by atoms with van der Waals surface area (Å²) in [7, 11) is -3.59. The molecule has 2 aromatic rings. The molecule has 1 saturated carbocycles. The Kier molecular flexibility index (Phi) is 4.40. The molecule has 4 rings (SSSR count). The van der Waals surface area contributed by atoms with Gasteiger partial charge in [0.25, 0.3) is 5.91 Å². The van der Waals surface area contributed by atoms with Gasteiger partial charge < -0.3 is 5.32 Å². The molecule has 26 heavy (non-hydrogen) atoms. The van der Waals surface area contributed by atoms with Crippen molar-refractivity contribution in [2.45, 2.75) is 18.9 Å². The van der Waals surface area contributed by atoms with Crippen LogP contribution >= 0.6 is 15.9 Å². The van der Waals surface area contributed by atoms with Gasteiger partial charge in [-0.2, -0.15) is 8.42 Å². The van der Waals surface area contributed by atoms with Gasteiger partial charge in [0.05, 0.1) is 23.5 Å². The molecule has 1 heterocycles. The molecule has 8 heteroatoms. The van der Waals surface area contributed by atoms with E-state index in [4.69, 9.17) is 0 Å². The lowest BCUT2D eigenvalue weighted by Gasteiger charge is -2.21. The van der Waals surface area contributed by atoms with Crippen molar-refractivity contribution in [3.8, 4) is 0 Å². The highest BCUT2D eigenvalue weighted by atomic mass is 79.9. The molecule has 1 N–H and O–H groups in total. The molecule has 1 aliphatic heterocycles. The van der Waals surface area contributed by atoms with Crippen molar-refractivity contribution in [1.29, 1.82) is 0 Å². The van der Waals surface area contributed by atoms with E-state index in [1.807, 2.05) is 30.3 Å². The number of anilines is 2. The Labute approximate surface area is 161 Å². The number of benzene rings is 2. The third kappa shape index (κ3) is 2.97. The summed E-state index contributed by atoms with van der Waals surface area (Å²) in [6, 6.07) is 14.5. The van der Waals surface area contributed by atoms with Gasteiger partial charge in [0.2, 0.25) is 0 Å². The first-order chi connectivity index (χ1) is 12.5. The van der Waals surface area contributed by atoms with Crippen LogP contribution in [0.1, 0.15) is 23.2 Å². The number of hydrogen-bond acceptors (Lipinski definition) is 3. The van der Waals surface area contributed by atoms with Crippen LogP contribution in [0.15, 0.2) is 53.0 Å². The smallest absolute Gasteiger partial charge is 0.326 e. The van der Waals surface area contributed by atoms with Crippen molar-refractivity contribution in [2.24, 2.45) is 0 Å². The van der Waals surface area contributed by atoms with Crippen LogP contribution in [0.5, 0.6) is 0 Å². The maximum absolute atomic E-state index is 13.0. The van der Waals surface area contributed by atoms with Crippen LogP contribution in [0, 0.1) is 0 Å². The van der Waals surface area contributed by atoms with Gasteiger partial charge in [0, 0.05) is 17.1 Å². The van der Waals surface area contributed by atoms with E-state index < -0.39 is 10.2 Å². The molecule has 2 aliphatic rings. The van der Waals surface area contributed by atoms with Crippen LogP contribution in [-0.2, 0) is 10.2 Å². The topological polar surface area (TPSA) is 69.7 Å². The molecule has 0 atom stereocenters. The van der Waals surface area contributed by atoms with Gasteiger partial charge in [0.1, 0.15) is 0 Å². The lowest BCUT2D eigenvalue weighted by molar-refractivity contribution is 0.0954. The zero-order valence-electron chi connectivity index (χ0n) is 13.9. The van der Waals surface area contributed by atoms with E-state index in [0.29, 0.717) is 15.7 Å². The molecule has 136 valence electrons. The van der Waals surface area contributed by atoms with Crippen molar-refractivity contribution in [3.63, 3.8) is 0 Å². The second kappa shape index (κ2) is 6.59. The monoisotopic (exact) mass is 435 g/mol. The van der Waals surface area contributed by atoms with E-state index in [1.54, 1.807) is 18.2 Å². The van der Waals surface area contributed by atoms with Crippen molar-refractivity contribution in [3.05, 3.63) is 58.6 Å². The maximum atomic E-state index is 13.0. The molecule has 1 aliphatic carbocycles. The molecule has 0 unspecified atom stereocenters. The van der Waals surface area contributed by atoms with Crippen LogP contribution in [0.4, 0.5) is 11.4 Å². The number of nitrogens with zero attached hydrogens (tertiary/aromatic N) is 2. The molecule has 0 spiro atoms. The number of carbonyl (C=O) groups is 1. The van der Waals surface area contributed by atoms with Gasteiger partial charge in [0.15, 0.2) is 0 Å². The molecular formula is C18H18BrN3O3S. The summed E-state index contributed by atoms with van der Waals surface area (Å²) in [4.78, 5) is 12.3. The van der Waals surface area contributed by atoms with E-state index >= 15 is 0 Å². The second-order valence-electron chi connectivity index (χ2n) is 6.33. The van der Waals surface area contributed by atoms with Crippen LogP contribution in [0.25, 0.3) is 0 Å². The summed E-state index contributed by atoms with van der Waals surface area (Å²) < 4.78 is 29.5. The fourth-order valence-corrected chi connectivity index (χ4v) is 5.55. The van der Waals surface area contributed by atoms with E-state index in [2.05, 4.69) is 21.2 Å². The quantitative estimate of drug-likeness (QED) is 0.784. The number of carbonyl (C=O) groups excluding carboxylic acids is 1. The van der Waals surface area contributed by atoms with E-state index in [1.165, 1.54) is 8.61 Å². The van der Waals surface area contributed by atoms with Gasteiger partial charge in [-0.1, -0.05) is 24.3 Å². The van der Waals surface area contributed by atoms with Gasteiger partial charge in [-0.15, -0.1) is 0 Å². The number of nitrogens with one attached hydrogen (secondary N) is 1. The van der Waals surface area contributed by atoms with Crippen LogP contribution < -0.4 is 13.9 Å². The van der Waals surface area contributed by atoms with E-state index in [-0.39, 0.29) is 25.0 Å². The Hall–Kier alpha value is -2.06. The molecule has 0 bridgehead atoms. The van der Waals surface area contributed by atoms with Crippen molar-refractivity contribution < 1.29 is 13.2 Å². The summed E-state index contributed by atoms with van der Waals surface area (Å²) in [5.74, 6) is -0.235. The average molecular weight is 436 g/mol. The lowest BCUT2D eigenvalue weighted by atomic mass is 10.2. The van der Waals surface area contributed by atoms with Gasteiger partial charge >= 0.3 is 10.2 Å². The minimum atomic E-state index is -3.59.